The Morgan fingerprint density at radius 2 is 0.910 bits per heavy atom. The molecule has 89 heavy (non-hydrogen) atoms. The number of carbonyl (C=O) groups excluding carboxylic acids is 11. The summed E-state index contributed by atoms with van der Waals surface area (Å²) in [5, 5.41) is 34.3. The number of nitrogens with one attached hydrogen (secondary N) is 4. The lowest BCUT2D eigenvalue weighted by molar-refractivity contribution is -0.157. The van der Waals surface area contributed by atoms with Crippen molar-refractivity contribution >= 4 is 65.0 Å². The van der Waals surface area contributed by atoms with Crippen LogP contribution in [0.4, 0.5) is 0 Å². The van der Waals surface area contributed by atoms with Crippen LogP contribution in [-0.4, -0.2) is 244 Å². The highest BCUT2D eigenvalue weighted by Gasteiger charge is 2.46. The van der Waals surface area contributed by atoms with Crippen molar-refractivity contribution in [1.29, 1.82) is 0 Å². The van der Waals surface area contributed by atoms with E-state index in [1.807, 2.05) is 41.5 Å². The van der Waals surface area contributed by atoms with Gasteiger partial charge >= 0.3 is 0 Å². The first-order chi connectivity index (χ1) is 41.0. The molecule has 510 valence electrons. The number of likely N-dealkylation sites (N-methyl/N-ethyl adjacent to an activating group) is 7. The Balaban J connectivity index is 4.48. The third kappa shape index (κ3) is 22.6. The van der Waals surface area contributed by atoms with Gasteiger partial charge in [-0.15, -0.1) is 0 Å². The number of rotatable bonds is 17. The van der Waals surface area contributed by atoms with E-state index < -0.39 is 161 Å². The summed E-state index contributed by atoms with van der Waals surface area (Å²) in [5.74, 6) is -10.5. The lowest BCUT2D eigenvalue weighted by atomic mass is 9.91. The molecule has 1 aliphatic heterocycles. The highest BCUT2D eigenvalue weighted by molar-refractivity contribution is 6.00. The Morgan fingerprint density at radius 1 is 0.494 bits per heavy atom. The lowest BCUT2D eigenvalue weighted by Crippen LogP contribution is -2.64. The summed E-state index contributed by atoms with van der Waals surface area (Å²) in [6.45, 7) is 28.6. The second-order valence-electron chi connectivity index (χ2n) is 27.3. The largest absolute Gasteiger partial charge is 0.390 e. The van der Waals surface area contributed by atoms with E-state index in [1.165, 1.54) is 96.6 Å². The van der Waals surface area contributed by atoms with Crippen molar-refractivity contribution in [1.82, 2.24) is 55.6 Å². The van der Waals surface area contributed by atoms with E-state index in [0.29, 0.717) is 0 Å². The van der Waals surface area contributed by atoms with Crippen LogP contribution in [0, 0.1) is 35.5 Å². The van der Waals surface area contributed by atoms with Gasteiger partial charge in [0.1, 0.15) is 66.5 Å². The number of nitrogens with zero attached hydrogens (tertiary/aromatic N) is 7. The maximum absolute atomic E-state index is 15.2. The number of amides is 11. The number of carbonyl (C=O) groups is 11. The average Bonchev–Trinajstić information content (AvgIpc) is 2.33. The minimum absolute atomic E-state index is 0.0459. The molecule has 0 saturated carbocycles. The summed E-state index contributed by atoms with van der Waals surface area (Å²) in [4.78, 5) is 170. The third-order valence-corrected chi connectivity index (χ3v) is 16.8. The summed E-state index contributed by atoms with van der Waals surface area (Å²) in [6, 6.07) is -14.5. The van der Waals surface area contributed by atoms with E-state index in [0.717, 1.165) is 14.7 Å². The zero-order valence-electron chi connectivity index (χ0n) is 58.3. The van der Waals surface area contributed by atoms with Gasteiger partial charge in [0.15, 0.2) is 0 Å². The van der Waals surface area contributed by atoms with Gasteiger partial charge in [0.05, 0.1) is 11.7 Å². The van der Waals surface area contributed by atoms with Crippen molar-refractivity contribution in [2.24, 2.45) is 41.2 Å². The monoisotopic (exact) mass is 1260 g/mol. The van der Waals surface area contributed by atoms with Crippen molar-refractivity contribution in [2.75, 3.05) is 55.9 Å². The standard InChI is InChI=1S/C64H116N12O13/c1-25-27-28-40(13)52(77)51-56(81)68-43(26-2)58(83)70(18)44(29-30-65)59(84)74(22)48(34-64(16,17)89)55(80)69-49(38(9)10)62(87)71(19)45(31-35(3)4)54(79)66-41(14)53(78)67-42(15)57(82)72(20)46(32-36(5)6)60(85)73(21)47(33-37(7)8)61(86)75(23)50(39(11)12)63(88)76(51)24/h25,27,35-52,77,89H,26,28-34,65H2,1-24H3,(H,66,79)(H,67,78)(H,68,81)(H,69,80)/t40-,41+,42-,43+,44-,45+,46+,47+,48+,49+,50+,51+,52-/m1/s1. The number of aliphatic hydroxyl groups excluding tert-OH is 1. The summed E-state index contributed by atoms with van der Waals surface area (Å²) >= 11 is 0. The fourth-order valence-corrected chi connectivity index (χ4v) is 11.3. The van der Waals surface area contributed by atoms with E-state index in [1.54, 1.807) is 60.6 Å². The van der Waals surface area contributed by atoms with Gasteiger partial charge in [0.25, 0.3) is 0 Å². The number of hydrogen-bond donors (Lipinski definition) is 7. The van der Waals surface area contributed by atoms with E-state index in [2.05, 4.69) is 21.3 Å². The van der Waals surface area contributed by atoms with Crippen LogP contribution in [0.15, 0.2) is 12.2 Å². The predicted molar refractivity (Wildman–Crippen MR) is 342 cm³/mol. The van der Waals surface area contributed by atoms with Gasteiger partial charge in [0.2, 0.25) is 65.0 Å². The van der Waals surface area contributed by atoms with Crippen molar-refractivity contribution in [2.45, 2.75) is 241 Å². The molecule has 1 fully saturated rings. The van der Waals surface area contributed by atoms with Gasteiger partial charge in [0, 0.05) is 55.8 Å². The molecule has 0 bridgehead atoms. The fourth-order valence-electron chi connectivity index (χ4n) is 11.3. The third-order valence-electron chi connectivity index (χ3n) is 16.8. The SMILES string of the molecule is CC=CC[C@@H](C)[C@@H](O)[C@H]1C(=O)N[C@@H](CC)C(=O)N(C)[C@H](CCN)C(=O)N(C)[C@@H](CC(C)(C)O)C(=O)N[C@@H](C(C)C)C(=O)N(C)[C@@H](CC(C)C)C(=O)N[C@@H](C)C(=O)N[C@H](C)C(=O)N(C)[C@@H](CC(C)C)C(=O)N(C)[C@@H](CC(C)C)C(=O)N(C)[C@@H](C(C)C)C(=O)N1C. The molecule has 0 aromatic carbocycles. The molecular formula is C64H116N12O13. The maximum atomic E-state index is 15.2. The Morgan fingerprint density at radius 3 is 1.36 bits per heavy atom. The van der Waals surface area contributed by atoms with Crippen molar-refractivity contribution in [3.8, 4) is 0 Å². The molecule has 0 aromatic heterocycles. The number of nitrogens with two attached hydrogens (primary N) is 1. The van der Waals surface area contributed by atoms with E-state index in [4.69, 9.17) is 5.73 Å². The highest BCUT2D eigenvalue weighted by Crippen LogP contribution is 2.26. The van der Waals surface area contributed by atoms with Crippen LogP contribution in [0.25, 0.3) is 0 Å². The number of aliphatic hydroxyl groups is 2. The van der Waals surface area contributed by atoms with Crippen molar-refractivity contribution in [3.63, 3.8) is 0 Å². The Kier molecular flexibility index (Phi) is 32.7. The van der Waals surface area contributed by atoms with Gasteiger partial charge in [-0.1, -0.05) is 95.2 Å². The van der Waals surface area contributed by atoms with Crippen LogP contribution >= 0.6 is 0 Å². The van der Waals surface area contributed by atoms with Crippen LogP contribution in [0.1, 0.15) is 163 Å². The van der Waals surface area contributed by atoms with E-state index in [9.17, 15) is 48.6 Å². The molecule has 0 aromatic rings. The lowest BCUT2D eigenvalue weighted by Gasteiger charge is -2.41. The first kappa shape index (κ1) is 80.8. The number of allylic oxidation sites excluding steroid dienone is 2. The summed E-state index contributed by atoms with van der Waals surface area (Å²) in [7, 11) is 9.68. The normalized spacial score (nSPS) is 27.2. The van der Waals surface area contributed by atoms with Gasteiger partial charge in [-0.05, 0) is 115 Å². The second-order valence-corrected chi connectivity index (χ2v) is 27.3. The molecule has 11 amide bonds. The van der Waals surface area contributed by atoms with Crippen LogP contribution in [0.2, 0.25) is 0 Å². The quantitative estimate of drug-likeness (QED) is 0.103. The summed E-state index contributed by atoms with van der Waals surface area (Å²) in [6.07, 6.45) is 2.14. The maximum Gasteiger partial charge on any atom is 0.246 e. The summed E-state index contributed by atoms with van der Waals surface area (Å²) in [5.41, 5.74) is 4.51. The van der Waals surface area contributed by atoms with Gasteiger partial charge in [-0.3, -0.25) is 52.7 Å². The minimum atomic E-state index is -1.66. The average molecular weight is 1260 g/mol. The van der Waals surface area contributed by atoms with E-state index in [-0.39, 0.29) is 69.2 Å². The molecular weight excluding hydrogens is 1140 g/mol. The molecule has 25 nitrogen and oxygen atoms in total. The van der Waals surface area contributed by atoms with Crippen LogP contribution in [-0.2, 0) is 52.7 Å². The van der Waals surface area contributed by atoms with Crippen LogP contribution in [0.5, 0.6) is 0 Å². The molecule has 25 heteroatoms. The number of hydrogen-bond acceptors (Lipinski definition) is 14. The summed E-state index contributed by atoms with van der Waals surface area (Å²) < 4.78 is 0. The topological polar surface area (TPSA) is 325 Å². The molecule has 1 aliphatic rings. The van der Waals surface area contributed by atoms with Gasteiger partial charge in [-0.25, -0.2) is 0 Å². The molecule has 1 saturated heterocycles. The van der Waals surface area contributed by atoms with Crippen LogP contribution in [0.3, 0.4) is 0 Å². The van der Waals surface area contributed by atoms with Gasteiger partial charge < -0.3 is 71.5 Å². The first-order valence-corrected chi connectivity index (χ1v) is 31.8. The highest BCUT2D eigenvalue weighted by atomic mass is 16.3. The van der Waals surface area contributed by atoms with E-state index >= 15 is 14.4 Å². The molecule has 0 radical (unpaired) electrons. The Labute approximate surface area is 531 Å². The Hall–Kier alpha value is -6.21. The second kappa shape index (κ2) is 36.0. The predicted octanol–water partition coefficient (Wildman–Crippen LogP) is 2.10. The van der Waals surface area contributed by atoms with Crippen LogP contribution < -0.4 is 27.0 Å². The van der Waals surface area contributed by atoms with Crippen molar-refractivity contribution in [3.05, 3.63) is 12.2 Å². The first-order valence-electron chi connectivity index (χ1n) is 31.8. The zero-order valence-corrected chi connectivity index (χ0v) is 58.3. The molecule has 0 spiro atoms. The molecule has 0 unspecified atom stereocenters. The minimum Gasteiger partial charge on any atom is -0.390 e. The zero-order chi connectivity index (χ0) is 69.2. The Bertz CT molecular complexity index is 2450. The van der Waals surface area contributed by atoms with Crippen molar-refractivity contribution < 1.29 is 63.0 Å². The fraction of sp³-hybridized carbons (Fsp3) is 0.797. The molecule has 13 atom stereocenters. The molecule has 1 rings (SSSR count). The molecule has 8 N–H and O–H groups in total. The molecule has 1 heterocycles. The smallest absolute Gasteiger partial charge is 0.246 e. The van der Waals surface area contributed by atoms with Gasteiger partial charge in [-0.2, -0.15) is 0 Å². The molecule has 0 aliphatic carbocycles.